The smallest absolute Gasteiger partial charge is 0.150 e. The topological polar surface area (TPSA) is 69.4 Å². The Hall–Kier alpha value is -1.14. The Morgan fingerprint density at radius 3 is 2.40 bits per heavy atom. The van der Waals surface area contributed by atoms with Gasteiger partial charge in [0.15, 0.2) is 0 Å². The molecule has 112 valence electrons. The first-order valence-corrected chi connectivity index (χ1v) is 8.61. The maximum Gasteiger partial charge on any atom is 0.150 e. The van der Waals surface area contributed by atoms with Crippen molar-refractivity contribution in [3.63, 3.8) is 0 Å². The highest BCUT2D eigenvalue weighted by molar-refractivity contribution is 7.91. The first-order chi connectivity index (χ1) is 9.50. The summed E-state index contributed by atoms with van der Waals surface area (Å²) in [5.41, 5.74) is 5.77. The van der Waals surface area contributed by atoms with Crippen molar-refractivity contribution < 1.29 is 17.5 Å². The maximum absolute atomic E-state index is 12.8. The fraction of sp³-hybridized carbons (Fsp3) is 0.571. The second-order valence-electron chi connectivity index (χ2n) is 5.25. The van der Waals surface area contributed by atoms with Crippen molar-refractivity contribution in [2.24, 2.45) is 17.6 Å². The SMILES string of the molecule is NCC(COc1ccc(F)cc1)C1CCS(=O)(=O)CC1. The van der Waals surface area contributed by atoms with Crippen molar-refractivity contribution in [3.05, 3.63) is 30.1 Å². The van der Waals surface area contributed by atoms with Crippen LogP contribution in [0.2, 0.25) is 0 Å². The van der Waals surface area contributed by atoms with Gasteiger partial charge < -0.3 is 10.5 Å². The highest BCUT2D eigenvalue weighted by Crippen LogP contribution is 2.26. The number of hydrogen-bond donors (Lipinski definition) is 1. The summed E-state index contributed by atoms with van der Waals surface area (Å²) in [7, 11) is -2.85. The summed E-state index contributed by atoms with van der Waals surface area (Å²) in [5, 5.41) is 0. The molecule has 1 fully saturated rings. The summed E-state index contributed by atoms with van der Waals surface area (Å²) >= 11 is 0. The van der Waals surface area contributed by atoms with Gasteiger partial charge >= 0.3 is 0 Å². The van der Waals surface area contributed by atoms with Crippen molar-refractivity contribution >= 4 is 9.84 Å². The highest BCUT2D eigenvalue weighted by Gasteiger charge is 2.29. The lowest BCUT2D eigenvalue weighted by molar-refractivity contribution is 0.189. The molecule has 0 radical (unpaired) electrons. The Bertz CT molecular complexity index is 516. The van der Waals surface area contributed by atoms with E-state index in [0.717, 1.165) is 0 Å². The average Bonchev–Trinajstić information content (AvgIpc) is 2.43. The fourth-order valence-corrected chi connectivity index (χ4v) is 4.04. The lowest BCUT2D eigenvalue weighted by atomic mass is 9.88. The van der Waals surface area contributed by atoms with Crippen LogP contribution in [0.3, 0.4) is 0 Å². The molecular formula is C14H20FNO3S. The minimum absolute atomic E-state index is 0.135. The van der Waals surface area contributed by atoms with Gasteiger partial charge in [0.2, 0.25) is 0 Å². The molecule has 0 aliphatic carbocycles. The number of benzene rings is 1. The molecule has 0 spiro atoms. The van der Waals surface area contributed by atoms with Crippen LogP contribution < -0.4 is 10.5 Å². The van der Waals surface area contributed by atoms with E-state index in [9.17, 15) is 12.8 Å². The molecule has 1 unspecified atom stereocenters. The van der Waals surface area contributed by atoms with Crippen LogP contribution in [0.5, 0.6) is 5.75 Å². The molecular weight excluding hydrogens is 281 g/mol. The third-order valence-electron chi connectivity index (χ3n) is 3.85. The predicted octanol–water partition coefficient (Wildman–Crippen LogP) is 1.60. The Balaban J connectivity index is 1.88. The second kappa shape index (κ2) is 6.54. The fourth-order valence-electron chi connectivity index (χ4n) is 2.51. The van der Waals surface area contributed by atoms with Crippen LogP contribution in [0.4, 0.5) is 4.39 Å². The van der Waals surface area contributed by atoms with E-state index in [0.29, 0.717) is 31.7 Å². The third-order valence-corrected chi connectivity index (χ3v) is 5.56. The van der Waals surface area contributed by atoms with Gasteiger partial charge in [-0.25, -0.2) is 12.8 Å². The average molecular weight is 301 g/mol. The van der Waals surface area contributed by atoms with Gasteiger partial charge in [0, 0.05) is 5.92 Å². The largest absolute Gasteiger partial charge is 0.493 e. The van der Waals surface area contributed by atoms with Crippen LogP contribution in [0, 0.1) is 17.7 Å². The number of ether oxygens (including phenoxy) is 1. The van der Waals surface area contributed by atoms with Crippen molar-refractivity contribution in [1.82, 2.24) is 0 Å². The summed E-state index contributed by atoms with van der Waals surface area (Å²) in [6, 6.07) is 5.85. The van der Waals surface area contributed by atoms with Gasteiger partial charge in [0.05, 0.1) is 18.1 Å². The molecule has 0 bridgehead atoms. The summed E-state index contributed by atoms with van der Waals surface area (Å²) in [6.45, 7) is 0.902. The van der Waals surface area contributed by atoms with Crippen LogP contribution in [-0.2, 0) is 9.84 Å². The van der Waals surface area contributed by atoms with Crippen LogP contribution in [-0.4, -0.2) is 33.1 Å². The first-order valence-electron chi connectivity index (χ1n) is 6.79. The van der Waals surface area contributed by atoms with E-state index in [2.05, 4.69) is 0 Å². The quantitative estimate of drug-likeness (QED) is 0.897. The number of hydrogen-bond acceptors (Lipinski definition) is 4. The second-order valence-corrected chi connectivity index (χ2v) is 7.55. The third kappa shape index (κ3) is 4.18. The molecule has 1 atom stereocenters. The lowest BCUT2D eigenvalue weighted by Crippen LogP contribution is -2.35. The first kappa shape index (κ1) is 15.3. The van der Waals surface area contributed by atoms with E-state index in [1.807, 2.05) is 0 Å². The molecule has 1 aliphatic rings. The van der Waals surface area contributed by atoms with Gasteiger partial charge in [0.1, 0.15) is 21.4 Å². The predicted molar refractivity (Wildman–Crippen MR) is 75.8 cm³/mol. The van der Waals surface area contributed by atoms with Gasteiger partial charge in [-0.3, -0.25) is 0 Å². The zero-order chi connectivity index (χ0) is 14.6. The van der Waals surface area contributed by atoms with Crippen LogP contribution in [0.15, 0.2) is 24.3 Å². The molecule has 1 aliphatic heterocycles. The Morgan fingerprint density at radius 2 is 1.85 bits per heavy atom. The van der Waals surface area contributed by atoms with Gasteiger partial charge in [0.25, 0.3) is 0 Å². The number of rotatable bonds is 5. The van der Waals surface area contributed by atoms with Crippen LogP contribution in [0.25, 0.3) is 0 Å². The molecule has 2 rings (SSSR count). The summed E-state index contributed by atoms with van der Waals surface area (Å²) < 4.78 is 41.2. The van der Waals surface area contributed by atoms with E-state index in [1.165, 1.54) is 12.1 Å². The summed E-state index contributed by atoms with van der Waals surface area (Å²) in [4.78, 5) is 0. The molecule has 0 saturated carbocycles. The Kier molecular flexibility index (Phi) is 4.99. The molecule has 20 heavy (non-hydrogen) atoms. The number of halogens is 1. The van der Waals surface area contributed by atoms with Crippen molar-refractivity contribution in [1.29, 1.82) is 0 Å². The molecule has 1 heterocycles. The molecule has 2 N–H and O–H groups in total. The van der Waals surface area contributed by atoms with Crippen LogP contribution >= 0.6 is 0 Å². The normalized spacial score (nSPS) is 20.5. The summed E-state index contributed by atoms with van der Waals surface area (Å²) in [5.74, 6) is 1.20. The minimum Gasteiger partial charge on any atom is -0.493 e. The molecule has 6 heteroatoms. The molecule has 0 amide bonds. The molecule has 1 aromatic carbocycles. The summed E-state index contributed by atoms with van der Waals surface area (Å²) in [6.07, 6.45) is 1.30. The van der Waals surface area contributed by atoms with Crippen molar-refractivity contribution in [3.8, 4) is 5.75 Å². The monoisotopic (exact) mass is 301 g/mol. The zero-order valence-electron chi connectivity index (χ0n) is 11.3. The lowest BCUT2D eigenvalue weighted by Gasteiger charge is -2.29. The van der Waals surface area contributed by atoms with Crippen LogP contribution in [0.1, 0.15) is 12.8 Å². The Labute approximate surface area is 119 Å². The minimum atomic E-state index is -2.85. The number of sulfone groups is 1. The van der Waals surface area contributed by atoms with Crippen molar-refractivity contribution in [2.75, 3.05) is 24.7 Å². The van der Waals surface area contributed by atoms with E-state index in [4.69, 9.17) is 10.5 Å². The Morgan fingerprint density at radius 1 is 1.25 bits per heavy atom. The van der Waals surface area contributed by atoms with Gasteiger partial charge in [-0.15, -0.1) is 0 Å². The zero-order valence-corrected chi connectivity index (χ0v) is 12.1. The van der Waals surface area contributed by atoms with Gasteiger partial charge in [-0.1, -0.05) is 0 Å². The van der Waals surface area contributed by atoms with Gasteiger partial charge in [-0.2, -0.15) is 0 Å². The molecule has 1 aromatic rings. The highest BCUT2D eigenvalue weighted by atomic mass is 32.2. The van der Waals surface area contributed by atoms with E-state index >= 15 is 0 Å². The molecule has 1 saturated heterocycles. The van der Waals surface area contributed by atoms with E-state index in [-0.39, 0.29) is 29.2 Å². The van der Waals surface area contributed by atoms with Crippen molar-refractivity contribution in [2.45, 2.75) is 12.8 Å². The number of nitrogens with two attached hydrogens (primary N) is 1. The molecule has 4 nitrogen and oxygen atoms in total. The van der Waals surface area contributed by atoms with Gasteiger partial charge in [-0.05, 0) is 49.6 Å². The molecule has 0 aromatic heterocycles. The van der Waals surface area contributed by atoms with E-state index < -0.39 is 9.84 Å². The van der Waals surface area contributed by atoms with E-state index in [1.54, 1.807) is 12.1 Å². The maximum atomic E-state index is 12.8. The standard InChI is InChI=1S/C14H20FNO3S/c15-13-1-3-14(4-2-13)19-10-12(9-16)11-5-7-20(17,18)8-6-11/h1-4,11-12H,5-10,16H2.